The van der Waals surface area contributed by atoms with Crippen molar-refractivity contribution in [2.75, 3.05) is 19.4 Å². The van der Waals surface area contributed by atoms with Crippen LogP contribution in [-0.2, 0) is 0 Å². The maximum Gasteiger partial charge on any atom is 0.124 e. The zero-order valence-electron chi connectivity index (χ0n) is 10.2. The van der Waals surface area contributed by atoms with Crippen molar-refractivity contribution < 1.29 is 4.74 Å². The van der Waals surface area contributed by atoms with Crippen molar-refractivity contribution in [1.82, 2.24) is 5.32 Å². The Kier molecular flexibility index (Phi) is 3.05. The molecule has 0 saturated heterocycles. The van der Waals surface area contributed by atoms with E-state index in [-0.39, 0.29) is 0 Å². The number of para-hydroxylation sites is 1. The molecular formula is C14H19NOS. The van der Waals surface area contributed by atoms with E-state index in [1.807, 2.05) is 17.8 Å². The molecule has 0 spiro atoms. The minimum atomic E-state index is 0.476. The Labute approximate surface area is 107 Å². The number of thioether (sulfide) groups is 1. The molecule has 3 heteroatoms. The van der Waals surface area contributed by atoms with Crippen molar-refractivity contribution in [3.63, 3.8) is 0 Å². The largest absolute Gasteiger partial charge is 0.493 e. The molecule has 1 unspecified atom stereocenters. The maximum atomic E-state index is 5.68. The molecule has 1 heterocycles. The van der Waals surface area contributed by atoms with Crippen molar-refractivity contribution in [2.24, 2.45) is 0 Å². The van der Waals surface area contributed by atoms with Crippen LogP contribution >= 0.6 is 11.8 Å². The fraction of sp³-hybridized carbons (Fsp3) is 0.571. The van der Waals surface area contributed by atoms with E-state index in [0.29, 0.717) is 10.8 Å². The number of hydrogen-bond donors (Lipinski definition) is 1. The summed E-state index contributed by atoms with van der Waals surface area (Å²) >= 11 is 2.01. The van der Waals surface area contributed by atoms with E-state index >= 15 is 0 Å². The minimum absolute atomic E-state index is 0.476. The highest BCUT2D eigenvalue weighted by molar-refractivity contribution is 8.00. The van der Waals surface area contributed by atoms with Gasteiger partial charge in [-0.3, -0.25) is 0 Å². The van der Waals surface area contributed by atoms with Gasteiger partial charge in [0.25, 0.3) is 0 Å². The van der Waals surface area contributed by atoms with Crippen LogP contribution in [0.15, 0.2) is 24.3 Å². The smallest absolute Gasteiger partial charge is 0.124 e. The SMILES string of the molecule is CSC1(CNC2CCOc3ccccc32)CC1. The number of nitrogens with one attached hydrogen (secondary N) is 1. The second-order valence-electron chi connectivity index (χ2n) is 5.00. The van der Waals surface area contributed by atoms with Crippen LogP contribution < -0.4 is 10.1 Å². The first kappa shape index (κ1) is 11.4. The van der Waals surface area contributed by atoms with Crippen LogP contribution in [0.1, 0.15) is 30.9 Å². The maximum absolute atomic E-state index is 5.68. The van der Waals surface area contributed by atoms with Gasteiger partial charge in [-0.05, 0) is 25.2 Å². The Balaban J connectivity index is 1.68. The molecule has 0 amide bonds. The van der Waals surface area contributed by atoms with Gasteiger partial charge in [-0.15, -0.1) is 0 Å². The molecule has 1 saturated carbocycles. The molecule has 0 radical (unpaired) electrons. The highest BCUT2D eigenvalue weighted by Gasteiger charge is 2.42. The first-order valence-corrected chi connectivity index (χ1v) is 7.56. The van der Waals surface area contributed by atoms with Gasteiger partial charge in [0.15, 0.2) is 0 Å². The van der Waals surface area contributed by atoms with Crippen molar-refractivity contribution >= 4 is 11.8 Å². The average Bonchev–Trinajstić information content (AvgIpc) is 3.17. The molecule has 1 aromatic carbocycles. The summed E-state index contributed by atoms with van der Waals surface area (Å²) in [7, 11) is 0. The molecule has 1 fully saturated rings. The summed E-state index contributed by atoms with van der Waals surface area (Å²) in [5, 5.41) is 3.73. The first-order chi connectivity index (χ1) is 8.33. The van der Waals surface area contributed by atoms with Gasteiger partial charge in [-0.2, -0.15) is 11.8 Å². The van der Waals surface area contributed by atoms with Crippen molar-refractivity contribution in [2.45, 2.75) is 30.1 Å². The quantitative estimate of drug-likeness (QED) is 0.886. The van der Waals surface area contributed by atoms with Crippen LogP contribution in [0, 0.1) is 0 Å². The van der Waals surface area contributed by atoms with Crippen LogP contribution in [0.4, 0.5) is 0 Å². The van der Waals surface area contributed by atoms with E-state index in [9.17, 15) is 0 Å². The molecular weight excluding hydrogens is 230 g/mol. The Morgan fingerprint density at radius 2 is 2.24 bits per heavy atom. The molecule has 92 valence electrons. The third kappa shape index (κ3) is 2.31. The molecule has 17 heavy (non-hydrogen) atoms. The fourth-order valence-corrected chi connectivity index (χ4v) is 3.19. The number of fused-ring (bicyclic) bond motifs is 1. The zero-order valence-corrected chi connectivity index (χ0v) is 11.1. The van der Waals surface area contributed by atoms with Crippen molar-refractivity contribution in [1.29, 1.82) is 0 Å². The Hall–Kier alpha value is -0.670. The average molecular weight is 249 g/mol. The van der Waals surface area contributed by atoms with E-state index < -0.39 is 0 Å². The van der Waals surface area contributed by atoms with Gasteiger partial charge < -0.3 is 10.1 Å². The fourth-order valence-electron chi connectivity index (χ4n) is 2.46. The lowest BCUT2D eigenvalue weighted by Crippen LogP contribution is -2.32. The standard InChI is InChI=1S/C14H19NOS/c1-17-14(7-8-14)10-15-12-6-9-16-13-5-3-2-4-11(12)13/h2-5,12,15H,6-10H2,1H3. The highest BCUT2D eigenvalue weighted by Crippen LogP contribution is 2.47. The topological polar surface area (TPSA) is 21.3 Å². The Morgan fingerprint density at radius 3 is 3.00 bits per heavy atom. The predicted molar refractivity (Wildman–Crippen MR) is 72.8 cm³/mol. The van der Waals surface area contributed by atoms with Gasteiger partial charge in [0.05, 0.1) is 6.61 Å². The number of benzene rings is 1. The summed E-state index contributed by atoms with van der Waals surface area (Å²) < 4.78 is 6.22. The van der Waals surface area contributed by atoms with Crippen LogP contribution in [0.2, 0.25) is 0 Å². The summed E-state index contributed by atoms with van der Waals surface area (Å²) in [6, 6.07) is 8.88. The molecule has 1 N–H and O–H groups in total. The van der Waals surface area contributed by atoms with Gasteiger partial charge in [-0.25, -0.2) is 0 Å². The minimum Gasteiger partial charge on any atom is -0.493 e. The number of rotatable bonds is 4. The van der Waals surface area contributed by atoms with Crippen LogP contribution in [0.25, 0.3) is 0 Å². The third-order valence-electron chi connectivity index (χ3n) is 3.87. The van der Waals surface area contributed by atoms with Crippen molar-refractivity contribution in [3.05, 3.63) is 29.8 Å². The third-order valence-corrected chi connectivity index (χ3v) is 5.29. The van der Waals surface area contributed by atoms with E-state index in [0.717, 1.165) is 25.3 Å². The summed E-state index contributed by atoms with van der Waals surface area (Å²) in [5.41, 5.74) is 1.33. The summed E-state index contributed by atoms with van der Waals surface area (Å²) in [5.74, 6) is 1.06. The lowest BCUT2D eigenvalue weighted by molar-refractivity contribution is 0.252. The molecule has 1 aliphatic carbocycles. The highest BCUT2D eigenvalue weighted by atomic mass is 32.2. The van der Waals surface area contributed by atoms with E-state index in [1.54, 1.807) is 0 Å². The summed E-state index contributed by atoms with van der Waals surface area (Å²) in [6.45, 7) is 1.97. The molecule has 1 aliphatic heterocycles. The first-order valence-electron chi connectivity index (χ1n) is 6.33. The molecule has 3 rings (SSSR count). The molecule has 2 aliphatic rings. The van der Waals surface area contributed by atoms with Gasteiger partial charge in [0.1, 0.15) is 5.75 Å². The summed E-state index contributed by atoms with van der Waals surface area (Å²) in [6.07, 6.45) is 6.05. The molecule has 1 atom stereocenters. The Morgan fingerprint density at radius 1 is 1.41 bits per heavy atom. The van der Waals surface area contributed by atoms with Gasteiger partial charge >= 0.3 is 0 Å². The van der Waals surface area contributed by atoms with Crippen LogP contribution in [0.3, 0.4) is 0 Å². The lowest BCUT2D eigenvalue weighted by Gasteiger charge is -2.28. The van der Waals surface area contributed by atoms with E-state index in [2.05, 4.69) is 29.8 Å². The zero-order chi connectivity index (χ0) is 11.7. The normalized spacial score (nSPS) is 24.9. The van der Waals surface area contributed by atoms with Crippen LogP contribution in [0.5, 0.6) is 5.75 Å². The molecule has 0 bridgehead atoms. The van der Waals surface area contributed by atoms with Crippen LogP contribution in [-0.4, -0.2) is 24.2 Å². The van der Waals surface area contributed by atoms with Gasteiger partial charge in [-0.1, -0.05) is 18.2 Å². The van der Waals surface area contributed by atoms with Gasteiger partial charge in [0, 0.05) is 29.3 Å². The van der Waals surface area contributed by atoms with Crippen molar-refractivity contribution in [3.8, 4) is 5.75 Å². The Bertz CT molecular complexity index is 403. The van der Waals surface area contributed by atoms with Gasteiger partial charge in [0.2, 0.25) is 0 Å². The predicted octanol–water partition coefficient (Wildman–Crippen LogP) is 3.00. The number of ether oxygens (including phenoxy) is 1. The monoisotopic (exact) mass is 249 g/mol. The summed E-state index contributed by atoms with van der Waals surface area (Å²) in [4.78, 5) is 0. The molecule has 0 aromatic heterocycles. The second kappa shape index (κ2) is 4.54. The number of hydrogen-bond acceptors (Lipinski definition) is 3. The molecule has 1 aromatic rings. The molecule has 2 nitrogen and oxygen atoms in total. The van der Waals surface area contributed by atoms with E-state index in [1.165, 1.54) is 18.4 Å². The van der Waals surface area contributed by atoms with E-state index in [4.69, 9.17) is 4.74 Å². The lowest BCUT2D eigenvalue weighted by atomic mass is 10.0. The second-order valence-corrected chi connectivity index (χ2v) is 6.27.